The highest BCUT2D eigenvalue weighted by atomic mass is 32.2. The first kappa shape index (κ1) is 18.7. The quantitative estimate of drug-likeness (QED) is 0.390. The number of hydrogen-bond donors (Lipinski definition) is 2. The molecule has 5 heteroatoms. The first-order chi connectivity index (χ1) is 14.7. The minimum atomic E-state index is -0.0833. The topological polar surface area (TPSA) is 72.6 Å². The van der Waals surface area contributed by atoms with E-state index in [1.807, 2.05) is 72.8 Å². The zero-order valence-corrected chi connectivity index (χ0v) is 16.9. The summed E-state index contributed by atoms with van der Waals surface area (Å²) in [7, 11) is 0. The van der Waals surface area contributed by atoms with Crippen LogP contribution in [0.1, 0.15) is 15.9 Å². The lowest BCUT2D eigenvalue weighted by Crippen LogP contribution is -2.11. The van der Waals surface area contributed by atoms with Crippen LogP contribution in [0.5, 0.6) is 5.75 Å². The number of carbonyl (C=O) groups is 1. The Morgan fingerprint density at radius 2 is 1.60 bits per heavy atom. The maximum Gasteiger partial charge on any atom is 0.194 e. The Hall–Kier alpha value is -3.28. The molecule has 1 aliphatic rings. The highest BCUT2D eigenvalue weighted by Gasteiger charge is 2.27. The number of rotatable bonds is 5. The molecular formula is C25H19NO3S. The molecule has 0 bridgehead atoms. The van der Waals surface area contributed by atoms with Gasteiger partial charge in [0.25, 0.3) is 0 Å². The lowest BCUT2D eigenvalue weighted by Gasteiger charge is -2.23. The Morgan fingerprint density at radius 3 is 2.40 bits per heavy atom. The van der Waals surface area contributed by atoms with Gasteiger partial charge in [0.05, 0.1) is 11.5 Å². The number of fused-ring (bicyclic) bond motifs is 2. The number of nitrogens with two attached hydrogens (primary N) is 1. The van der Waals surface area contributed by atoms with Crippen LogP contribution in [0, 0.1) is 0 Å². The molecule has 0 spiro atoms. The first-order valence-corrected chi connectivity index (χ1v) is 10.5. The van der Waals surface area contributed by atoms with Gasteiger partial charge in [-0.05, 0) is 29.3 Å². The lowest BCUT2D eigenvalue weighted by atomic mass is 9.83. The molecule has 4 aromatic rings. The summed E-state index contributed by atoms with van der Waals surface area (Å²) in [5.74, 6) is 0.698. The third-order valence-corrected chi connectivity index (χ3v) is 6.48. The molecular weight excluding hydrogens is 394 g/mol. The number of aliphatic hydroxyl groups is 1. The Morgan fingerprint density at radius 1 is 0.867 bits per heavy atom. The van der Waals surface area contributed by atoms with Crippen molar-refractivity contribution in [3.63, 3.8) is 0 Å². The Balaban J connectivity index is 1.82. The number of carbonyl (C=O) groups excluding carboxylic acids is 1. The normalized spacial score (nSPS) is 12.1. The maximum absolute atomic E-state index is 13.2. The predicted molar refractivity (Wildman–Crippen MR) is 120 cm³/mol. The molecule has 0 fully saturated rings. The summed E-state index contributed by atoms with van der Waals surface area (Å²) in [5, 5.41) is 11.2. The van der Waals surface area contributed by atoms with Gasteiger partial charge in [0.15, 0.2) is 5.78 Å². The van der Waals surface area contributed by atoms with E-state index in [9.17, 15) is 9.90 Å². The van der Waals surface area contributed by atoms with Crippen LogP contribution in [0.25, 0.3) is 21.9 Å². The van der Waals surface area contributed by atoms with Crippen LogP contribution in [0.3, 0.4) is 0 Å². The molecule has 4 aromatic carbocycles. The van der Waals surface area contributed by atoms with Gasteiger partial charge in [-0.3, -0.25) is 4.79 Å². The van der Waals surface area contributed by atoms with Crippen LogP contribution >= 0.6 is 11.8 Å². The minimum absolute atomic E-state index is 0.0305. The number of ether oxygens (including phenoxy) is 1. The fourth-order valence-corrected chi connectivity index (χ4v) is 5.00. The SMILES string of the molecule is Nc1ccccc1Sc1c(OCCO)cc2c3c(cccc13)C(=O)c1ccccc1-2. The molecule has 0 saturated heterocycles. The van der Waals surface area contributed by atoms with Crippen molar-refractivity contribution in [1.82, 2.24) is 0 Å². The molecule has 30 heavy (non-hydrogen) atoms. The van der Waals surface area contributed by atoms with E-state index >= 15 is 0 Å². The number of anilines is 1. The van der Waals surface area contributed by atoms with Gasteiger partial charge in [0, 0.05) is 32.5 Å². The van der Waals surface area contributed by atoms with E-state index < -0.39 is 0 Å². The van der Waals surface area contributed by atoms with Crippen molar-refractivity contribution < 1.29 is 14.6 Å². The second-order valence-corrected chi connectivity index (χ2v) is 8.12. The standard InChI is InChI=1S/C25H19NO3S/c26-20-10-3-4-11-22(20)30-25-18-9-5-8-17-23(18)19(14-21(25)29-13-12-27)15-6-1-2-7-16(15)24(17)28/h1-11,14,27H,12-13,26H2. The van der Waals surface area contributed by atoms with E-state index in [4.69, 9.17) is 10.5 Å². The van der Waals surface area contributed by atoms with Gasteiger partial charge >= 0.3 is 0 Å². The van der Waals surface area contributed by atoms with Crippen molar-refractivity contribution in [2.45, 2.75) is 9.79 Å². The Bertz CT molecular complexity index is 1300. The van der Waals surface area contributed by atoms with Crippen molar-refractivity contribution in [2.24, 2.45) is 0 Å². The largest absolute Gasteiger partial charge is 0.490 e. The van der Waals surface area contributed by atoms with Crippen molar-refractivity contribution >= 4 is 34.0 Å². The Labute approximate surface area is 178 Å². The van der Waals surface area contributed by atoms with Gasteiger partial charge in [-0.25, -0.2) is 0 Å². The van der Waals surface area contributed by atoms with Crippen LogP contribution in [0.4, 0.5) is 5.69 Å². The second-order valence-electron chi connectivity index (χ2n) is 7.07. The molecule has 3 N–H and O–H groups in total. The predicted octanol–water partition coefficient (Wildman–Crippen LogP) is 5.16. The molecule has 0 saturated carbocycles. The molecule has 1 aliphatic carbocycles. The highest BCUT2D eigenvalue weighted by Crippen LogP contribution is 2.49. The van der Waals surface area contributed by atoms with E-state index in [0.717, 1.165) is 31.7 Å². The number of para-hydroxylation sites is 1. The van der Waals surface area contributed by atoms with Gasteiger partial charge in [0.2, 0.25) is 0 Å². The monoisotopic (exact) mass is 413 g/mol. The molecule has 0 heterocycles. The van der Waals surface area contributed by atoms with E-state index in [-0.39, 0.29) is 19.0 Å². The lowest BCUT2D eigenvalue weighted by molar-refractivity contribution is 0.104. The molecule has 0 aliphatic heterocycles. The fraction of sp³-hybridized carbons (Fsp3) is 0.0800. The van der Waals surface area contributed by atoms with Crippen molar-refractivity contribution in [3.8, 4) is 16.9 Å². The van der Waals surface area contributed by atoms with Crippen LogP contribution < -0.4 is 10.5 Å². The van der Waals surface area contributed by atoms with E-state index in [1.54, 1.807) is 0 Å². The number of ketones is 1. The van der Waals surface area contributed by atoms with E-state index in [1.165, 1.54) is 11.8 Å². The average molecular weight is 413 g/mol. The Kier molecular flexibility index (Phi) is 4.69. The third-order valence-electron chi connectivity index (χ3n) is 5.26. The highest BCUT2D eigenvalue weighted by molar-refractivity contribution is 7.99. The zero-order valence-electron chi connectivity index (χ0n) is 16.1. The summed E-state index contributed by atoms with van der Waals surface area (Å²) in [5.41, 5.74) is 10.1. The summed E-state index contributed by atoms with van der Waals surface area (Å²) in [4.78, 5) is 15.0. The fourth-order valence-electron chi connectivity index (χ4n) is 3.95. The van der Waals surface area contributed by atoms with Crippen LogP contribution in [0.15, 0.2) is 82.6 Å². The van der Waals surface area contributed by atoms with E-state index in [2.05, 4.69) is 0 Å². The summed E-state index contributed by atoms with van der Waals surface area (Å²) in [6.07, 6.45) is 0. The summed E-state index contributed by atoms with van der Waals surface area (Å²) < 4.78 is 5.96. The van der Waals surface area contributed by atoms with Gasteiger partial charge in [-0.2, -0.15) is 0 Å². The van der Waals surface area contributed by atoms with Crippen LogP contribution in [-0.2, 0) is 0 Å². The number of benzene rings is 4. The van der Waals surface area contributed by atoms with Gasteiger partial charge in [-0.15, -0.1) is 0 Å². The van der Waals surface area contributed by atoms with Crippen LogP contribution in [0.2, 0.25) is 0 Å². The summed E-state index contributed by atoms with van der Waals surface area (Å²) in [6, 6.07) is 23.1. The smallest absolute Gasteiger partial charge is 0.194 e. The molecule has 0 radical (unpaired) electrons. The zero-order chi connectivity index (χ0) is 20.7. The van der Waals surface area contributed by atoms with E-state index in [0.29, 0.717) is 22.6 Å². The second kappa shape index (κ2) is 7.52. The molecule has 148 valence electrons. The molecule has 4 nitrogen and oxygen atoms in total. The number of aliphatic hydroxyl groups excluding tert-OH is 1. The maximum atomic E-state index is 13.2. The average Bonchev–Trinajstić information content (AvgIpc) is 2.78. The van der Waals surface area contributed by atoms with Crippen LogP contribution in [-0.4, -0.2) is 24.1 Å². The van der Waals surface area contributed by atoms with Gasteiger partial charge in [-0.1, -0.05) is 66.4 Å². The molecule has 5 rings (SSSR count). The third kappa shape index (κ3) is 2.95. The minimum Gasteiger partial charge on any atom is -0.490 e. The molecule has 0 amide bonds. The number of nitrogen functional groups attached to an aromatic ring is 1. The molecule has 0 atom stereocenters. The van der Waals surface area contributed by atoms with Gasteiger partial charge < -0.3 is 15.6 Å². The molecule has 0 aromatic heterocycles. The molecule has 0 unspecified atom stereocenters. The number of hydrogen-bond acceptors (Lipinski definition) is 5. The summed E-state index contributed by atoms with van der Waals surface area (Å²) >= 11 is 1.51. The van der Waals surface area contributed by atoms with Crippen molar-refractivity contribution in [1.29, 1.82) is 0 Å². The van der Waals surface area contributed by atoms with Gasteiger partial charge in [0.1, 0.15) is 12.4 Å². The van der Waals surface area contributed by atoms with Crippen molar-refractivity contribution in [3.05, 3.63) is 83.9 Å². The first-order valence-electron chi connectivity index (χ1n) is 9.69. The summed E-state index contributed by atoms with van der Waals surface area (Å²) in [6.45, 7) is 0.100. The van der Waals surface area contributed by atoms with Crippen molar-refractivity contribution in [2.75, 3.05) is 18.9 Å².